The number of aliphatic hydroxyl groups is 2. The lowest BCUT2D eigenvalue weighted by molar-refractivity contribution is 0.116. The first-order valence-corrected chi connectivity index (χ1v) is 15.1. The van der Waals surface area contributed by atoms with Crippen molar-refractivity contribution < 1.29 is 10.2 Å². The third-order valence-corrected chi connectivity index (χ3v) is 7.79. The van der Waals surface area contributed by atoms with E-state index < -0.39 is 0 Å². The lowest BCUT2D eigenvalue weighted by Crippen LogP contribution is -2.28. The highest BCUT2D eigenvalue weighted by Gasteiger charge is 2.33. The molecule has 0 bridgehead atoms. The molecule has 0 heterocycles. The molecule has 0 fully saturated rings. The highest BCUT2D eigenvalue weighted by atomic mass is 16.3. The van der Waals surface area contributed by atoms with E-state index in [4.69, 9.17) is 0 Å². The molecule has 0 saturated carbocycles. The molecular weight excluding hydrogens is 512 g/mol. The minimum Gasteiger partial charge on any atom is -0.393 e. The first kappa shape index (κ1) is 34.9. The Bertz CT molecular complexity index is 1290. The van der Waals surface area contributed by atoms with Crippen LogP contribution in [0.25, 0.3) is 0 Å². The molecule has 2 unspecified atom stereocenters. The summed E-state index contributed by atoms with van der Waals surface area (Å²) in [5, 5.41) is 20.2. The van der Waals surface area contributed by atoms with Crippen molar-refractivity contribution in [3.05, 3.63) is 105 Å². The second-order valence-corrected chi connectivity index (χ2v) is 13.3. The number of allylic oxidation sites excluding steroid dienone is 16. The summed E-state index contributed by atoms with van der Waals surface area (Å²) in [7, 11) is 0. The van der Waals surface area contributed by atoms with Crippen molar-refractivity contribution in [1.29, 1.82) is 0 Å². The van der Waals surface area contributed by atoms with Gasteiger partial charge in [0.15, 0.2) is 0 Å². The van der Waals surface area contributed by atoms with Crippen LogP contribution >= 0.6 is 0 Å². The maximum absolute atomic E-state index is 10.1. The standard InChI is InChI=1S/C40H52O2/c1-29(17-13-19-31(3)21-23-37-33(5)25-35(41)27-39(37,7)8)15-11-12-16-30(2)18-14-20-32(4)22-24-38-34(6)26-36(42)28-40(38,9)10/h11-20,35-36,41-42H,25-28H2,1-10H3. The van der Waals surface area contributed by atoms with Gasteiger partial charge in [0.25, 0.3) is 0 Å². The van der Waals surface area contributed by atoms with E-state index in [0.717, 1.165) is 59.1 Å². The van der Waals surface area contributed by atoms with E-state index >= 15 is 0 Å². The molecule has 0 amide bonds. The van der Waals surface area contributed by atoms with E-state index in [1.165, 1.54) is 11.1 Å². The van der Waals surface area contributed by atoms with Gasteiger partial charge in [0.1, 0.15) is 0 Å². The highest BCUT2D eigenvalue weighted by molar-refractivity contribution is 5.46. The van der Waals surface area contributed by atoms with Crippen LogP contribution in [0.4, 0.5) is 0 Å². The van der Waals surface area contributed by atoms with Gasteiger partial charge in [0, 0.05) is 22.0 Å². The quantitative estimate of drug-likeness (QED) is 0.249. The van der Waals surface area contributed by atoms with Crippen LogP contribution in [0.2, 0.25) is 0 Å². The molecule has 0 saturated heterocycles. The zero-order valence-electron chi connectivity index (χ0n) is 27.7. The van der Waals surface area contributed by atoms with Crippen LogP contribution < -0.4 is 0 Å². The van der Waals surface area contributed by atoms with E-state index in [2.05, 4.69) is 103 Å². The fraction of sp³-hybridized carbons (Fsp3) is 0.450. The first-order valence-electron chi connectivity index (χ1n) is 15.1. The zero-order chi connectivity index (χ0) is 31.5. The third-order valence-electron chi connectivity index (χ3n) is 7.79. The summed E-state index contributed by atoms with van der Waals surface area (Å²) in [4.78, 5) is 0. The largest absolute Gasteiger partial charge is 0.393 e. The molecule has 0 aromatic carbocycles. The zero-order valence-corrected chi connectivity index (χ0v) is 27.7. The van der Waals surface area contributed by atoms with Crippen LogP contribution in [-0.2, 0) is 0 Å². The Morgan fingerprint density at radius 1 is 0.619 bits per heavy atom. The van der Waals surface area contributed by atoms with Crippen LogP contribution in [0.3, 0.4) is 0 Å². The minimum atomic E-state index is -0.263. The molecule has 0 radical (unpaired) electrons. The van der Waals surface area contributed by atoms with Crippen molar-refractivity contribution in [3.8, 4) is 23.7 Å². The van der Waals surface area contributed by atoms with Crippen molar-refractivity contribution in [1.82, 2.24) is 0 Å². The van der Waals surface area contributed by atoms with E-state index in [-0.39, 0.29) is 23.0 Å². The van der Waals surface area contributed by atoms with Gasteiger partial charge in [-0.3, -0.25) is 0 Å². The lowest BCUT2D eigenvalue weighted by atomic mass is 9.72. The summed E-state index contributed by atoms with van der Waals surface area (Å²) < 4.78 is 0. The fourth-order valence-electron chi connectivity index (χ4n) is 5.76. The predicted molar refractivity (Wildman–Crippen MR) is 181 cm³/mol. The molecule has 0 aliphatic heterocycles. The van der Waals surface area contributed by atoms with Crippen LogP contribution in [0.5, 0.6) is 0 Å². The van der Waals surface area contributed by atoms with Crippen molar-refractivity contribution in [2.75, 3.05) is 0 Å². The smallest absolute Gasteiger partial charge is 0.0586 e. The second-order valence-electron chi connectivity index (χ2n) is 13.3. The van der Waals surface area contributed by atoms with E-state index in [1.807, 2.05) is 50.3 Å². The Kier molecular flexibility index (Phi) is 13.1. The molecule has 224 valence electrons. The Morgan fingerprint density at radius 2 is 0.976 bits per heavy atom. The minimum absolute atomic E-state index is 0.0840. The molecule has 0 aromatic heterocycles. The molecular formula is C40H52O2. The molecule has 2 rings (SSSR count). The van der Waals surface area contributed by atoms with Gasteiger partial charge in [0.05, 0.1) is 12.2 Å². The molecule has 0 aromatic rings. The summed E-state index contributed by atoms with van der Waals surface area (Å²) in [5.41, 5.74) is 8.91. The Morgan fingerprint density at radius 3 is 1.31 bits per heavy atom. The molecule has 2 N–H and O–H groups in total. The summed E-state index contributed by atoms with van der Waals surface area (Å²) in [6.07, 6.45) is 23.0. The fourth-order valence-corrected chi connectivity index (χ4v) is 5.76. The Balaban J connectivity index is 1.93. The van der Waals surface area contributed by atoms with E-state index in [1.54, 1.807) is 0 Å². The van der Waals surface area contributed by atoms with E-state index in [9.17, 15) is 10.2 Å². The number of hydrogen-bond donors (Lipinski definition) is 2. The van der Waals surface area contributed by atoms with Crippen LogP contribution in [0, 0.1) is 34.5 Å². The van der Waals surface area contributed by atoms with Crippen molar-refractivity contribution in [3.63, 3.8) is 0 Å². The molecule has 2 atom stereocenters. The van der Waals surface area contributed by atoms with Crippen molar-refractivity contribution in [2.45, 2.75) is 107 Å². The second kappa shape index (κ2) is 15.8. The Hall–Kier alpha value is -3.30. The van der Waals surface area contributed by atoms with Crippen molar-refractivity contribution in [2.24, 2.45) is 10.8 Å². The Labute approximate surface area is 256 Å². The normalized spacial score (nSPS) is 23.9. The van der Waals surface area contributed by atoms with Gasteiger partial charge in [-0.1, -0.05) is 134 Å². The molecule has 2 nitrogen and oxygen atoms in total. The topological polar surface area (TPSA) is 40.5 Å². The molecule has 42 heavy (non-hydrogen) atoms. The van der Waals surface area contributed by atoms with Gasteiger partial charge in [0.2, 0.25) is 0 Å². The highest BCUT2D eigenvalue weighted by Crippen LogP contribution is 2.40. The number of rotatable bonds is 6. The summed E-state index contributed by atoms with van der Waals surface area (Å²) in [5.74, 6) is 13.3. The van der Waals surface area contributed by atoms with Crippen LogP contribution in [0.15, 0.2) is 105 Å². The van der Waals surface area contributed by atoms with Gasteiger partial charge in [-0.2, -0.15) is 0 Å². The average Bonchev–Trinajstić information content (AvgIpc) is 2.84. The number of hydrogen-bond acceptors (Lipinski definition) is 2. The maximum Gasteiger partial charge on any atom is 0.0586 e. The first-order chi connectivity index (χ1) is 19.6. The van der Waals surface area contributed by atoms with Crippen molar-refractivity contribution >= 4 is 0 Å². The van der Waals surface area contributed by atoms with Gasteiger partial charge in [-0.05, 0) is 78.4 Å². The predicted octanol–water partition coefficient (Wildman–Crippen LogP) is 9.44. The summed E-state index contributed by atoms with van der Waals surface area (Å²) in [6, 6.07) is 0. The third kappa shape index (κ3) is 11.5. The maximum atomic E-state index is 10.1. The molecule has 2 heteroatoms. The lowest BCUT2D eigenvalue weighted by Gasteiger charge is -2.34. The van der Waals surface area contributed by atoms with Crippen LogP contribution in [0.1, 0.15) is 94.9 Å². The summed E-state index contributed by atoms with van der Waals surface area (Å²) >= 11 is 0. The van der Waals surface area contributed by atoms with E-state index in [0.29, 0.717) is 0 Å². The van der Waals surface area contributed by atoms with Gasteiger partial charge >= 0.3 is 0 Å². The average molecular weight is 565 g/mol. The van der Waals surface area contributed by atoms with Gasteiger partial charge in [-0.25, -0.2) is 0 Å². The molecule has 0 spiro atoms. The molecule has 2 aliphatic carbocycles. The van der Waals surface area contributed by atoms with Gasteiger partial charge in [-0.15, -0.1) is 0 Å². The monoisotopic (exact) mass is 564 g/mol. The van der Waals surface area contributed by atoms with Gasteiger partial charge < -0.3 is 10.2 Å². The number of aliphatic hydroxyl groups excluding tert-OH is 2. The SMILES string of the molecule is CC(C#CC1=C(C)CC(O)CC1(C)C)=CC=CC(C)=CC=CC=C(C)C=CC=C(C)C#CC1=C(C)CC(O)CC1(C)C. The van der Waals surface area contributed by atoms with Crippen LogP contribution in [-0.4, -0.2) is 22.4 Å². The molecule has 2 aliphatic rings. The summed E-state index contributed by atoms with van der Waals surface area (Å²) in [6.45, 7) is 21.1.